The second-order valence-corrected chi connectivity index (χ2v) is 10.9. The molecule has 2 aromatic carbocycles. The number of hydrogen-bond acceptors (Lipinski definition) is 6. The molecule has 0 aromatic heterocycles. The van der Waals surface area contributed by atoms with Gasteiger partial charge in [-0.15, -0.1) is 0 Å². The number of carbonyl (C=O) groups excluding carboxylic acids is 4. The van der Waals surface area contributed by atoms with Crippen molar-refractivity contribution in [2.24, 2.45) is 0 Å². The van der Waals surface area contributed by atoms with Gasteiger partial charge < -0.3 is 10.2 Å². The zero-order chi connectivity index (χ0) is 24.7. The van der Waals surface area contributed by atoms with Crippen LogP contribution in [0.1, 0.15) is 58.5 Å². The monoisotopic (exact) mass is 483 g/mol. The summed E-state index contributed by atoms with van der Waals surface area (Å²) >= 11 is 0. The first-order valence-corrected chi connectivity index (χ1v) is 12.6. The molecule has 2 N–H and O–H groups in total. The van der Waals surface area contributed by atoms with E-state index in [1.807, 2.05) is 6.07 Å². The van der Waals surface area contributed by atoms with Crippen LogP contribution in [0.15, 0.2) is 47.4 Å². The van der Waals surface area contributed by atoms with Crippen molar-refractivity contribution in [3.63, 3.8) is 0 Å². The minimum Gasteiger partial charge on any atom is -0.348 e. The third-order valence-corrected chi connectivity index (χ3v) is 8.21. The molecule has 2 aromatic rings. The van der Waals surface area contributed by atoms with E-state index in [0.29, 0.717) is 11.1 Å². The zero-order valence-corrected chi connectivity index (χ0v) is 19.7. The molecular formula is C24H25N3O6S. The Morgan fingerprint density at radius 3 is 2.47 bits per heavy atom. The van der Waals surface area contributed by atoms with Gasteiger partial charge in [0, 0.05) is 30.6 Å². The number of benzene rings is 2. The first-order valence-electron chi connectivity index (χ1n) is 10.9. The summed E-state index contributed by atoms with van der Waals surface area (Å²) in [6.07, 6.45) is 0.434. The summed E-state index contributed by atoms with van der Waals surface area (Å²) in [5, 5.41) is 5.11. The second kappa shape index (κ2) is 8.68. The third-order valence-electron chi connectivity index (χ3n) is 6.46. The van der Waals surface area contributed by atoms with Gasteiger partial charge in [0.25, 0.3) is 17.7 Å². The Morgan fingerprint density at radius 2 is 1.82 bits per heavy atom. The van der Waals surface area contributed by atoms with Crippen molar-refractivity contribution < 1.29 is 27.6 Å². The third kappa shape index (κ3) is 4.21. The maximum absolute atomic E-state index is 13.0. The van der Waals surface area contributed by atoms with Gasteiger partial charge in [0.05, 0.1) is 10.6 Å². The summed E-state index contributed by atoms with van der Waals surface area (Å²) in [7, 11) is -3.33. The molecule has 178 valence electrons. The van der Waals surface area contributed by atoms with Crippen LogP contribution in [0, 0.1) is 0 Å². The zero-order valence-electron chi connectivity index (χ0n) is 18.9. The molecule has 0 aliphatic carbocycles. The number of hydrogen-bond donors (Lipinski definition) is 2. The van der Waals surface area contributed by atoms with Crippen molar-refractivity contribution in [3.05, 3.63) is 64.7 Å². The van der Waals surface area contributed by atoms with Crippen LogP contribution in [-0.2, 0) is 32.5 Å². The van der Waals surface area contributed by atoms with E-state index in [4.69, 9.17) is 0 Å². The predicted octanol–water partition coefficient (Wildman–Crippen LogP) is 1.56. The molecule has 1 atom stereocenters. The maximum Gasteiger partial charge on any atom is 0.255 e. The summed E-state index contributed by atoms with van der Waals surface area (Å²) in [6.45, 7) is 3.67. The van der Waals surface area contributed by atoms with Crippen molar-refractivity contribution >= 4 is 33.5 Å². The summed E-state index contributed by atoms with van der Waals surface area (Å²) in [5.41, 5.74) is 1.25. The van der Waals surface area contributed by atoms with Crippen LogP contribution in [0.2, 0.25) is 0 Å². The van der Waals surface area contributed by atoms with E-state index in [0.717, 1.165) is 11.1 Å². The van der Waals surface area contributed by atoms with Gasteiger partial charge >= 0.3 is 0 Å². The number of carbonyl (C=O) groups is 4. The van der Waals surface area contributed by atoms with Gasteiger partial charge in [-0.25, -0.2) is 8.42 Å². The van der Waals surface area contributed by atoms with Crippen LogP contribution < -0.4 is 10.6 Å². The standard InChI is InChI=1S/C24H25N3O6S/c1-3-34(32,33)18-7-5-16(6-8-18)21(29)25-13-15-4-9-19-17(12-15)14-27(22(19)30)24(2)11-10-20(28)26-23(24)31/h4-9,12H,3,10-11,13-14H2,1-2H3,(H,25,29)(H,26,28,31)/t24-/m0/s1. The van der Waals surface area contributed by atoms with Crippen LogP contribution in [0.25, 0.3) is 0 Å². The maximum atomic E-state index is 13.0. The highest BCUT2D eigenvalue weighted by atomic mass is 32.2. The minimum atomic E-state index is -3.33. The number of nitrogens with zero attached hydrogens (tertiary/aromatic N) is 1. The summed E-state index contributed by atoms with van der Waals surface area (Å²) in [4.78, 5) is 51.1. The Labute approximate surface area is 197 Å². The highest BCUT2D eigenvalue weighted by molar-refractivity contribution is 7.91. The van der Waals surface area contributed by atoms with E-state index in [-0.39, 0.29) is 54.3 Å². The molecule has 4 rings (SSSR count). The van der Waals surface area contributed by atoms with Crippen LogP contribution in [0.3, 0.4) is 0 Å². The Kier molecular flexibility index (Phi) is 6.03. The van der Waals surface area contributed by atoms with Crippen molar-refractivity contribution in [3.8, 4) is 0 Å². The lowest BCUT2D eigenvalue weighted by atomic mass is 9.89. The Balaban J connectivity index is 1.44. The number of amides is 4. The number of nitrogens with one attached hydrogen (secondary N) is 2. The highest BCUT2D eigenvalue weighted by Crippen LogP contribution is 2.34. The van der Waals surface area contributed by atoms with Crippen molar-refractivity contribution in [2.45, 2.75) is 50.2 Å². The molecule has 0 unspecified atom stereocenters. The normalized spacial score (nSPS) is 20.2. The molecule has 1 fully saturated rings. The SMILES string of the molecule is CCS(=O)(=O)c1ccc(C(=O)NCc2ccc3c(c2)CN([C@@]2(C)CCC(=O)NC2=O)C3=O)cc1. The molecule has 2 aliphatic rings. The van der Waals surface area contributed by atoms with E-state index in [2.05, 4.69) is 10.6 Å². The largest absolute Gasteiger partial charge is 0.348 e. The van der Waals surface area contributed by atoms with Gasteiger partial charge in [-0.3, -0.25) is 24.5 Å². The number of imide groups is 1. The van der Waals surface area contributed by atoms with E-state index in [1.54, 1.807) is 26.0 Å². The number of sulfone groups is 1. The quantitative estimate of drug-likeness (QED) is 0.600. The molecule has 0 spiro atoms. The average molecular weight is 484 g/mol. The number of fused-ring (bicyclic) bond motifs is 1. The van der Waals surface area contributed by atoms with Crippen molar-refractivity contribution in [2.75, 3.05) is 5.75 Å². The molecule has 9 nitrogen and oxygen atoms in total. The molecule has 2 aliphatic heterocycles. The predicted molar refractivity (Wildman–Crippen MR) is 122 cm³/mol. The molecule has 1 saturated heterocycles. The van der Waals surface area contributed by atoms with Gasteiger partial charge in [0.15, 0.2) is 9.84 Å². The van der Waals surface area contributed by atoms with Crippen LogP contribution in [-0.4, -0.2) is 48.2 Å². The summed E-state index contributed by atoms with van der Waals surface area (Å²) < 4.78 is 23.8. The molecule has 4 amide bonds. The smallest absolute Gasteiger partial charge is 0.255 e. The molecular weight excluding hydrogens is 458 g/mol. The molecule has 0 saturated carbocycles. The lowest BCUT2D eigenvalue weighted by Crippen LogP contribution is -2.61. The van der Waals surface area contributed by atoms with Gasteiger partial charge in [0.1, 0.15) is 5.54 Å². The van der Waals surface area contributed by atoms with E-state index in [1.165, 1.54) is 29.2 Å². The average Bonchev–Trinajstić information content (AvgIpc) is 3.16. The van der Waals surface area contributed by atoms with Gasteiger partial charge in [0.2, 0.25) is 5.91 Å². The van der Waals surface area contributed by atoms with Crippen LogP contribution in [0.4, 0.5) is 0 Å². The minimum absolute atomic E-state index is 0.0151. The number of piperidine rings is 1. The van der Waals surface area contributed by atoms with Gasteiger partial charge in [-0.1, -0.05) is 19.1 Å². The Hall–Kier alpha value is -3.53. The molecule has 2 heterocycles. The van der Waals surface area contributed by atoms with Crippen molar-refractivity contribution in [1.82, 2.24) is 15.5 Å². The topological polar surface area (TPSA) is 130 Å². The van der Waals surface area contributed by atoms with Crippen LogP contribution >= 0.6 is 0 Å². The molecule has 10 heteroatoms. The highest BCUT2D eigenvalue weighted by Gasteiger charge is 2.48. The lowest BCUT2D eigenvalue weighted by Gasteiger charge is -2.39. The fourth-order valence-corrected chi connectivity index (χ4v) is 5.08. The molecule has 0 bridgehead atoms. The second-order valence-electron chi connectivity index (χ2n) is 8.64. The van der Waals surface area contributed by atoms with E-state index >= 15 is 0 Å². The lowest BCUT2D eigenvalue weighted by molar-refractivity contribution is -0.142. The molecule has 0 radical (unpaired) electrons. The first kappa shape index (κ1) is 23.6. The fourth-order valence-electron chi connectivity index (χ4n) is 4.20. The number of rotatable bonds is 6. The molecule has 34 heavy (non-hydrogen) atoms. The van der Waals surface area contributed by atoms with Crippen LogP contribution in [0.5, 0.6) is 0 Å². The summed E-state index contributed by atoms with van der Waals surface area (Å²) in [5.74, 6) is -1.45. The van der Waals surface area contributed by atoms with E-state index in [9.17, 15) is 27.6 Å². The Bertz CT molecular complexity index is 1300. The van der Waals surface area contributed by atoms with Gasteiger partial charge in [-0.2, -0.15) is 0 Å². The Morgan fingerprint density at radius 1 is 1.12 bits per heavy atom. The first-order chi connectivity index (χ1) is 16.0. The van der Waals surface area contributed by atoms with Crippen molar-refractivity contribution in [1.29, 1.82) is 0 Å². The van der Waals surface area contributed by atoms with Gasteiger partial charge in [-0.05, 0) is 54.8 Å². The fraction of sp³-hybridized carbons (Fsp3) is 0.333. The van der Waals surface area contributed by atoms with E-state index < -0.39 is 21.3 Å². The summed E-state index contributed by atoms with van der Waals surface area (Å²) in [6, 6.07) is 11.0.